The molecule has 0 radical (unpaired) electrons. The number of thioether (sulfide) groups is 1. The molecule has 0 aliphatic heterocycles. The summed E-state index contributed by atoms with van der Waals surface area (Å²) in [6, 6.07) is 2.29. The van der Waals surface area contributed by atoms with E-state index in [0.29, 0.717) is 0 Å². The quantitative estimate of drug-likeness (QED) is 0.360. The molecular formula is C14H18S2. The molecule has 0 amide bonds. The molecule has 1 heterocycles. The molecule has 0 aliphatic rings. The number of thiophene rings is 1. The summed E-state index contributed by atoms with van der Waals surface area (Å²) >= 11 is 3.79. The van der Waals surface area contributed by atoms with Crippen molar-refractivity contribution in [2.75, 3.05) is 5.75 Å². The van der Waals surface area contributed by atoms with Crippen molar-refractivity contribution < 1.29 is 0 Å². The minimum absolute atomic E-state index is 0.969. The molecule has 0 nitrogen and oxygen atoms in total. The monoisotopic (exact) mass is 250 g/mol. The Morgan fingerprint density at radius 2 is 1.88 bits per heavy atom. The zero-order chi connectivity index (χ0) is 11.8. The van der Waals surface area contributed by atoms with Gasteiger partial charge in [-0.15, -0.1) is 42.8 Å². The molecule has 0 aromatic carbocycles. The van der Waals surface area contributed by atoms with Crippen LogP contribution in [0.5, 0.6) is 0 Å². The summed E-state index contributed by atoms with van der Waals surface area (Å²) in [5.41, 5.74) is 0. The third kappa shape index (κ3) is 4.03. The van der Waals surface area contributed by atoms with Crippen LogP contribution in [-0.2, 0) is 12.8 Å². The summed E-state index contributed by atoms with van der Waals surface area (Å²) in [5, 5.41) is 0. The fraction of sp³-hybridized carbons (Fsp3) is 0.286. The Balaban J connectivity index is 2.73. The van der Waals surface area contributed by atoms with Gasteiger partial charge in [0.25, 0.3) is 0 Å². The minimum atomic E-state index is 0.969. The summed E-state index contributed by atoms with van der Waals surface area (Å²) in [6.45, 7) is 11.3. The van der Waals surface area contributed by atoms with Crippen LogP contribution < -0.4 is 0 Å². The topological polar surface area (TPSA) is 0 Å². The largest absolute Gasteiger partial charge is 0.144 e. The van der Waals surface area contributed by atoms with Gasteiger partial charge in [0, 0.05) is 26.8 Å². The molecule has 1 aromatic rings. The normalized spacial score (nSPS) is 10.0. The molecule has 0 atom stereocenters. The number of hydrogen-bond acceptors (Lipinski definition) is 2. The third-order valence-electron chi connectivity index (χ3n) is 2.08. The first-order valence-electron chi connectivity index (χ1n) is 5.38. The van der Waals surface area contributed by atoms with Crippen LogP contribution in [0.2, 0.25) is 0 Å². The molecule has 0 N–H and O–H groups in total. The highest BCUT2D eigenvalue weighted by Gasteiger charge is 2.07. The molecule has 1 rings (SSSR count). The Labute approximate surface area is 107 Å². The highest BCUT2D eigenvalue weighted by atomic mass is 32.2. The van der Waals surface area contributed by atoms with Crippen molar-refractivity contribution in [1.82, 2.24) is 0 Å². The van der Waals surface area contributed by atoms with E-state index in [0.717, 1.165) is 25.0 Å². The zero-order valence-electron chi connectivity index (χ0n) is 9.58. The van der Waals surface area contributed by atoms with Crippen LogP contribution in [0.4, 0.5) is 0 Å². The van der Waals surface area contributed by atoms with Gasteiger partial charge in [-0.25, -0.2) is 0 Å². The molecule has 0 fully saturated rings. The summed E-state index contributed by atoms with van der Waals surface area (Å²) in [4.78, 5) is 4.23. The maximum atomic E-state index is 3.81. The summed E-state index contributed by atoms with van der Waals surface area (Å²) in [7, 11) is 0. The molecule has 0 saturated carbocycles. The zero-order valence-corrected chi connectivity index (χ0v) is 11.2. The molecule has 0 saturated heterocycles. The summed E-state index contributed by atoms with van der Waals surface area (Å²) in [5.74, 6) is 1.11. The fourth-order valence-electron chi connectivity index (χ4n) is 1.36. The Morgan fingerprint density at radius 1 is 1.12 bits per heavy atom. The van der Waals surface area contributed by atoms with Crippen LogP contribution in [0.25, 0.3) is 0 Å². The molecule has 0 unspecified atom stereocenters. The van der Waals surface area contributed by atoms with Crippen molar-refractivity contribution >= 4 is 23.1 Å². The molecule has 86 valence electrons. The predicted octanol–water partition coefficient (Wildman–Crippen LogP) is 4.87. The maximum Gasteiger partial charge on any atom is 0.0222 e. The molecule has 1 aromatic heterocycles. The van der Waals surface area contributed by atoms with Gasteiger partial charge in [-0.3, -0.25) is 0 Å². The minimum Gasteiger partial charge on any atom is -0.144 e. The van der Waals surface area contributed by atoms with Gasteiger partial charge in [0.15, 0.2) is 0 Å². The smallest absolute Gasteiger partial charge is 0.0222 e. The van der Waals surface area contributed by atoms with Crippen LogP contribution in [0.15, 0.2) is 48.9 Å². The number of hydrogen-bond donors (Lipinski definition) is 0. The average Bonchev–Trinajstić information content (AvgIpc) is 2.63. The van der Waals surface area contributed by atoms with Crippen molar-refractivity contribution in [2.24, 2.45) is 0 Å². The fourth-order valence-corrected chi connectivity index (χ4v) is 3.76. The van der Waals surface area contributed by atoms with Gasteiger partial charge < -0.3 is 0 Å². The second-order valence-corrected chi connectivity index (χ2v) is 5.77. The van der Waals surface area contributed by atoms with E-state index in [4.69, 9.17) is 0 Å². The summed E-state index contributed by atoms with van der Waals surface area (Å²) < 4.78 is 0. The van der Waals surface area contributed by atoms with Gasteiger partial charge in [0.1, 0.15) is 0 Å². The van der Waals surface area contributed by atoms with Crippen molar-refractivity contribution in [2.45, 2.75) is 24.2 Å². The van der Waals surface area contributed by atoms with Crippen LogP contribution in [0.1, 0.15) is 16.2 Å². The molecule has 0 spiro atoms. The number of allylic oxidation sites excluding steroid dienone is 3. The molecule has 0 bridgehead atoms. The van der Waals surface area contributed by atoms with Crippen molar-refractivity contribution in [3.05, 3.63) is 53.8 Å². The molecule has 0 aliphatic carbocycles. The van der Waals surface area contributed by atoms with Gasteiger partial charge >= 0.3 is 0 Å². The van der Waals surface area contributed by atoms with E-state index in [1.54, 1.807) is 0 Å². The average molecular weight is 250 g/mol. The SMILES string of the molecule is C=CCCSc1cc(CC=C)sc1CC=C. The van der Waals surface area contributed by atoms with Crippen molar-refractivity contribution in [3.8, 4) is 0 Å². The van der Waals surface area contributed by atoms with Gasteiger partial charge in [-0.2, -0.15) is 0 Å². The summed E-state index contributed by atoms with van der Waals surface area (Å²) in [6.07, 6.45) is 8.90. The highest BCUT2D eigenvalue weighted by molar-refractivity contribution is 7.99. The van der Waals surface area contributed by atoms with E-state index in [-0.39, 0.29) is 0 Å². The Hall–Kier alpha value is -0.730. The van der Waals surface area contributed by atoms with Gasteiger partial charge in [0.05, 0.1) is 0 Å². The van der Waals surface area contributed by atoms with E-state index < -0.39 is 0 Å². The van der Waals surface area contributed by atoms with E-state index >= 15 is 0 Å². The van der Waals surface area contributed by atoms with Gasteiger partial charge in [0.2, 0.25) is 0 Å². The van der Waals surface area contributed by atoms with Crippen molar-refractivity contribution in [1.29, 1.82) is 0 Å². The lowest BCUT2D eigenvalue weighted by molar-refractivity contribution is 1.22. The lowest BCUT2D eigenvalue weighted by Gasteiger charge is -1.99. The molecule has 16 heavy (non-hydrogen) atoms. The second-order valence-electron chi connectivity index (χ2n) is 3.41. The van der Waals surface area contributed by atoms with Crippen LogP contribution >= 0.6 is 23.1 Å². The first kappa shape index (κ1) is 13.3. The van der Waals surface area contributed by atoms with Crippen LogP contribution in [-0.4, -0.2) is 5.75 Å². The first-order valence-corrected chi connectivity index (χ1v) is 7.19. The maximum absolute atomic E-state index is 3.81. The van der Waals surface area contributed by atoms with E-state index in [2.05, 4.69) is 25.8 Å². The van der Waals surface area contributed by atoms with Crippen LogP contribution in [0.3, 0.4) is 0 Å². The number of rotatable bonds is 8. The van der Waals surface area contributed by atoms with E-state index in [1.807, 2.05) is 41.3 Å². The third-order valence-corrected chi connectivity index (χ3v) is 4.50. The highest BCUT2D eigenvalue weighted by Crippen LogP contribution is 2.32. The first-order chi connectivity index (χ1) is 7.81. The molecule has 2 heteroatoms. The lowest BCUT2D eigenvalue weighted by atomic mass is 10.3. The van der Waals surface area contributed by atoms with E-state index in [1.165, 1.54) is 14.6 Å². The lowest BCUT2D eigenvalue weighted by Crippen LogP contribution is -1.79. The molecular weight excluding hydrogens is 232 g/mol. The van der Waals surface area contributed by atoms with Gasteiger partial charge in [-0.1, -0.05) is 18.2 Å². The van der Waals surface area contributed by atoms with E-state index in [9.17, 15) is 0 Å². The van der Waals surface area contributed by atoms with Gasteiger partial charge in [-0.05, 0) is 18.9 Å². The van der Waals surface area contributed by atoms with Crippen LogP contribution in [0, 0.1) is 0 Å². The Morgan fingerprint density at radius 3 is 2.50 bits per heavy atom. The Bertz CT molecular complexity index is 361. The Kier molecular flexibility index (Phi) is 6.27. The standard InChI is InChI=1S/C14H18S2/c1-4-7-10-15-14-11-12(8-5-2)16-13(14)9-6-3/h4-6,11H,1-3,7-10H2. The van der Waals surface area contributed by atoms with Crippen molar-refractivity contribution in [3.63, 3.8) is 0 Å². The second kappa shape index (κ2) is 7.53. The predicted molar refractivity (Wildman–Crippen MR) is 77.7 cm³/mol.